The van der Waals surface area contributed by atoms with Crippen LogP contribution in [0.3, 0.4) is 0 Å². The zero-order chi connectivity index (χ0) is 13.9. The van der Waals surface area contributed by atoms with E-state index in [2.05, 4.69) is 25.2 Å². The van der Waals surface area contributed by atoms with Gasteiger partial charge in [0.25, 0.3) is 0 Å². The smallest absolute Gasteiger partial charge is 0.322 e. The molecule has 2 saturated heterocycles. The molecule has 20 heavy (non-hydrogen) atoms. The van der Waals surface area contributed by atoms with Crippen molar-refractivity contribution in [1.29, 1.82) is 0 Å². The van der Waals surface area contributed by atoms with Gasteiger partial charge in [0.1, 0.15) is 0 Å². The van der Waals surface area contributed by atoms with Crippen LogP contribution in [-0.2, 0) is 0 Å². The Hall–Kier alpha value is -1.14. The van der Waals surface area contributed by atoms with Crippen LogP contribution in [0.5, 0.6) is 6.01 Å². The maximum atomic E-state index is 5.90. The number of aromatic nitrogens is 3. The number of nitrogens with one attached hydrogen (secondary N) is 1. The third-order valence-electron chi connectivity index (χ3n) is 4.01. The fourth-order valence-corrected chi connectivity index (χ4v) is 3.28. The van der Waals surface area contributed by atoms with Crippen molar-refractivity contribution >= 4 is 17.5 Å². The summed E-state index contributed by atoms with van der Waals surface area (Å²) in [7, 11) is 0. The van der Waals surface area contributed by atoms with Crippen molar-refractivity contribution in [1.82, 2.24) is 19.9 Å². The Morgan fingerprint density at radius 3 is 3.05 bits per heavy atom. The Morgan fingerprint density at radius 1 is 1.30 bits per heavy atom. The van der Waals surface area contributed by atoms with E-state index in [9.17, 15) is 0 Å². The quantitative estimate of drug-likeness (QED) is 0.916. The minimum Gasteiger partial charge on any atom is -0.464 e. The van der Waals surface area contributed by atoms with Crippen LogP contribution in [0.25, 0.3) is 0 Å². The van der Waals surface area contributed by atoms with Crippen molar-refractivity contribution in [2.24, 2.45) is 0 Å². The van der Waals surface area contributed by atoms with Crippen LogP contribution < -0.4 is 10.1 Å². The van der Waals surface area contributed by atoms with E-state index in [0.29, 0.717) is 24.6 Å². The molecule has 7 heteroatoms. The summed E-state index contributed by atoms with van der Waals surface area (Å²) in [6, 6.07) is 1.40. The number of hydrogen-bond donors (Lipinski definition) is 1. The van der Waals surface area contributed by atoms with E-state index in [1.165, 1.54) is 19.4 Å². The fourth-order valence-electron chi connectivity index (χ4n) is 3.13. The van der Waals surface area contributed by atoms with Gasteiger partial charge >= 0.3 is 6.01 Å². The Kier molecular flexibility index (Phi) is 4.21. The lowest BCUT2D eigenvalue weighted by Gasteiger charge is -2.35. The van der Waals surface area contributed by atoms with E-state index in [4.69, 9.17) is 16.3 Å². The Morgan fingerprint density at radius 2 is 2.20 bits per heavy atom. The number of hydrogen-bond acceptors (Lipinski definition) is 6. The van der Waals surface area contributed by atoms with Crippen LogP contribution in [0.1, 0.15) is 32.6 Å². The number of rotatable bonds is 4. The van der Waals surface area contributed by atoms with E-state index in [1.54, 1.807) is 0 Å². The summed E-state index contributed by atoms with van der Waals surface area (Å²) in [6.07, 6.45) is 4.89. The molecule has 0 spiro atoms. The molecule has 2 aliphatic rings. The molecule has 1 aromatic heterocycles. The highest BCUT2D eigenvalue weighted by Crippen LogP contribution is 2.28. The first-order valence-electron chi connectivity index (χ1n) is 7.29. The molecule has 3 rings (SSSR count). The van der Waals surface area contributed by atoms with Gasteiger partial charge in [-0.25, -0.2) is 0 Å². The van der Waals surface area contributed by atoms with Crippen molar-refractivity contribution in [2.45, 2.75) is 44.7 Å². The molecule has 1 N–H and O–H groups in total. The molecule has 2 aliphatic heterocycles. The van der Waals surface area contributed by atoms with Crippen LogP contribution in [0.15, 0.2) is 0 Å². The number of anilines is 1. The molecular formula is C13H20ClN5O. The molecule has 6 nitrogen and oxygen atoms in total. The minimum absolute atomic E-state index is 0.171. The lowest BCUT2D eigenvalue weighted by Crippen LogP contribution is -2.43. The van der Waals surface area contributed by atoms with Gasteiger partial charge in [0.2, 0.25) is 11.2 Å². The highest BCUT2D eigenvalue weighted by atomic mass is 35.5. The number of fused-ring (bicyclic) bond motifs is 1. The minimum atomic E-state index is 0.171. The number of halogens is 1. The van der Waals surface area contributed by atoms with Gasteiger partial charge in [-0.2, -0.15) is 15.0 Å². The number of piperidine rings is 1. The van der Waals surface area contributed by atoms with Crippen LogP contribution in [0, 0.1) is 0 Å². The van der Waals surface area contributed by atoms with E-state index >= 15 is 0 Å². The molecule has 110 valence electrons. The third-order valence-corrected chi connectivity index (χ3v) is 4.18. The van der Waals surface area contributed by atoms with Crippen LogP contribution in [-0.4, -0.2) is 51.6 Å². The van der Waals surface area contributed by atoms with Gasteiger partial charge in [0.15, 0.2) is 0 Å². The molecule has 1 aromatic rings. The first-order chi connectivity index (χ1) is 9.74. The summed E-state index contributed by atoms with van der Waals surface area (Å²) in [4.78, 5) is 14.9. The third kappa shape index (κ3) is 3.12. The predicted molar refractivity (Wildman–Crippen MR) is 77.2 cm³/mol. The van der Waals surface area contributed by atoms with Gasteiger partial charge in [-0.3, -0.25) is 0 Å². The second-order valence-electron chi connectivity index (χ2n) is 5.34. The summed E-state index contributed by atoms with van der Waals surface area (Å²) in [5.74, 6) is 0.518. The largest absolute Gasteiger partial charge is 0.464 e. The second kappa shape index (κ2) is 6.10. The summed E-state index contributed by atoms with van der Waals surface area (Å²) in [5, 5.41) is 3.55. The van der Waals surface area contributed by atoms with Crippen LogP contribution in [0.4, 0.5) is 5.95 Å². The molecule has 0 aromatic carbocycles. The summed E-state index contributed by atoms with van der Waals surface area (Å²) >= 11 is 5.90. The standard InChI is InChI=1S/C13H20ClN5O/c1-2-20-13-17-11(14)16-12(18-13)15-9-5-7-19-6-3-4-10(19)8-9/h9-10H,2-8H2,1H3,(H,15,16,17,18). The van der Waals surface area contributed by atoms with Crippen molar-refractivity contribution < 1.29 is 4.74 Å². The average Bonchev–Trinajstić information content (AvgIpc) is 2.85. The zero-order valence-electron chi connectivity index (χ0n) is 11.7. The Bertz CT molecular complexity index is 472. The first-order valence-corrected chi connectivity index (χ1v) is 7.67. The van der Waals surface area contributed by atoms with E-state index in [0.717, 1.165) is 19.4 Å². The van der Waals surface area contributed by atoms with Crippen LogP contribution in [0.2, 0.25) is 5.28 Å². The summed E-state index contributed by atoms with van der Waals surface area (Å²) in [6.45, 7) is 4.81. The molecular weight excluding hydrogens is 278 g/mol. The van der Waals surface area contributed by atoms with Crippen molar-refractivity contribution in [3.05, 3.63) is 5.28 Å². The van der Waals surface area contributed by atoms with Crippen molar-refractivity contribution in [2.75, 3.05) is 25.0 Å². The normalized spacial score (nSPS) is 26.3. The second-order valence-corrected chi connectivity index (χ2v) is 5.68. The van der Waals surface area contributed by atoms with Crippen molar-refractivity contribution in [3.8, 4) is 6.01 Å². The zero-order valence-corrected chi connectivity index (χ0v) is 12.4. The highest BCUT2D eigenvalue weighted by Gasteiger charge is 2.31. The Balaban J connectivity index is 1.65. The summed E-state index contributed by atoms with van der Waals surface area (Å²) < 4.78 is 5.29. The Labute approximate surface area is 123 Å². The van der Waals surface area contributed by atoms with E-state index in [-0.39, 0.29) is 11.3 Å². The van der Waals surface area contributed by atoms with Gasteiger partial charge in [-0.15, -0.1) is 0 Å². The molecule has 0 aliphatic carbocycles. The molecule has 2 fully saturated rings. The van der Waals surface area contributed by atoms with E-state index < -0.39 is 0 Å². The number of nitrogens with zero attached hydrogens (tertiary/aromatic N) is 4. The topological polar surface area (TPSA) is 63.2 Å². The maximum absolute atomic E-state index is 5.90. The fraction of sp³-hybridized carbons (Fsp3) is 0.769. The molecule has 0 bridgehead atoms. The lowest BCUT2D eigenvalue weighted by atomic mass is 9.98. The molecule has 2 atom stereocenters. The molecule has 0 saturated carbocycles. The highest BCUT2D eigenvalue weighted by molar-refractivity contribution is 6.28. The predicted octanol–water partition coefficient (Wildman–Crippen LogP) is 1.96. The average molecular weight is 298 g/mol. The van der Waals surface area contributed by atoms with Gasteiger partial charge in [0.05, 0.1) is 6.61 Å². The van der Waals surface area contributed by atoms with Gasteiger partial charge < -0.3 is 15.0 Å². The summed E-state index contributed by atoms with van der Waals surface area (Å²) in [5.41, 5.74) is 0. The monoisotopic (exact) mass is 297 g/mol. The van der Waals surface area contributed by atoms with Crippen molar-refractivity contribution in [3.63, 3.8) is 0 Å². The SMILES string of the molecule is CCOc1nc(Cl)nc(NC2CCN3CCCC3C2)n1. The maximum Gasteiger partial charge on any atom is 0.322 e. The van der Waals surface area contributed by atoms with Gasteiger partial charge in [-0.05, 0) is 50.8 Å². The van der Waals surface area contributed by atoms with Gasteiger partial charge in [-0.1, -0.05) is 0 Å². The van der Waals surface area contributed by atoms with Gasteiger partial charge in [0, 0.05) is 18.6 Å². The molecule has 0 radical (unpaired) electrons. The molecule has 3 heterocycles. The van der Waals surface area contributed by atoms with E-state index in [1.807, 2.05) is 6.92 Å². The number of ether oxygens (including phenoxy) is 1. The molecule has 2 unspecified atom stereocenters. The first kappa shape index (κ1) is 13.8. The lowest BCUT2D eigenvalue weighted by molar-refractivity contribution is 0.187. The molecule has 0 amide bonds. The van der Waals surface area contributed by atoms with Crippen LogP contribution >= 0.6 is 11.6 Å².